The number of ether oxygens (including phenoxy) is 4. The maximum absolute atomic E-state index is 13.5. The molecule has 0 spiro atoms. The molecule has 0 aromatic heterocycles. The van der Waals surface area contributed by atoms with Crippen LogP contribution in [0.2, 0.25) is 0 Å². The number of benzene rings is 1. The lowest BCUT2D eigenvalue weighted by Crippen LogP contribution is -2.60. The third-order valence-corrected chi connectivity index (χ3v) is 8.19. The number of rotatable bonds is 5. The van der Waals surface area contributed by atoms with Gasteiger partial charge in [-0.05, 0) is 28.5 Å². The summed E-state index contributed by atoms with van der Waals surface area (Å²) < 4.78 is 23.2. The van der Waals surface area contributed by atoms with E-state index in [2.05, 4.69) is 0 Å². The molecule has 1 unspecified atom stereocenters. The number of methoxy groups -OCH3 is 1. The quantitative estimate of drug-likeness (QED) is 0.424. The van der Waals surface area contributed by atoms with Crippen LogP contribution in [-0.4, -0.2) is 76.4 Å². The Kier molecular flexibility index (Phi) is 7.37. The SMILES string of the molecule is COc1cc(C2C3=C(CC(C)(C)CC3=O)OC3=C2C(=O)CC(C)(C)C3)ccc1O[C@@H]1OC(CO)[C@H](O)[C@H](O)[C@@H]1O. The van der Waals surface area contributed by atoms with Crippen molar-refractivity contribution >= 4 is 11.6 Å². The molecule has 0 bridgehead atoms. The van der Waals surface area contributed by atoms with Crippen molar-refractivity contribution in [1.29, 1.82) is 0 Å². The molecule has 1 aromatic carbocycles. The molecule has 4 N–H and O–H groups in total. The lowest BCUT2D eigenvalue weighted by Gasteiger charge is -2.42. The van der Waals surface area contributed by atoms with Crippen LogP contribution in [0.25, 0.3) is 0 Å². The minimum atomic E-state index is -1.60. The number of carbonyl (C=O) groups is 2. The van der Waals surface area contributed by atoms with Gasteiger partial charge in [0, 0.05) is 42.7 Å². The Bertz CT molecular complexity index is 1220. The third kappa shape index (κ3) is 5.07. The number of aliphatic hydroxyl groups excluding tert-OH is 4. The molecule has 0 amide bonds. The van der Waals surface area contributed by atoms with Gasteiger partial charge in [-0.15, -0.1) is 0 Å². The molecule has 10 heteroatoms. The molecule has 1 fully saturated rings. The van der Waals surface area contributed by atoms with Gasteiger partial charge in [-0.25, -0.2) is 0 Å². The van der Waals surface area contributed by atoms with E-state index in [1.807, 2.05) is 27.7 Å². The van der Waals surface area contributed by atoms with Crippen molar-refractivity contribution in [3.63, 3.8) is 0 Å². The first-order valence-electron chi connectivity index (χ1n) is 13.6. The van der Waals surface area contributed by atoms with Crippen molar-refractivity contribution in [3.8, 4) is 11.5 Å². The molecule has 40 heavy (non-hydrogen) atoms. The molecule has 5 rings (SSSR count). The zero-order chi connectivity index (χ0) is 29.1. The highest BCUT2D eigenvalue weighted by Crippen LogP contribution is 2.53. The van der Waals surface area contributed by atoms with Crippen LogP contribution in [-0.2, 0) is 19.1 Å². The number of Topliss-reactive ketones (excluding diaryl/α,β-unsaturated/α-hetero) is 2. The predicted octanol–water partition coefficient (Wildman–Crippen LogP) is 2.27. The van der Waals surface area contributed by atoms with Gasteiger partial charge in [-0.3, -0.25) is 9.59 Å². The number of ketones is 2. The van der Waals surface area contributed by atoms with Crippen molar-refractivity contribution < 1.29 is 49.0 Å². The Morgan fingerprint density at radius 3 is 1.95 bits per heavy atom. The van der Waals surface area contributed by atoms with Crippen LogP contribution in [0, 0.1) is 10.8 Å². The van der Waals surface area contributed by atoms with Gasteiger partial charge in [0.15, 0.2) is 23.1 Å². The van der Waals surface area contributed by atoms with E-state index >= 15 is 0 Å². The Labute approximate surface area is 233 Å². The molecule has 1 saturated heterocycles. The van der Waals surface area contributed by atoms with Crippen LogP contribution in [0.4, 0.5) is 0 Å². The fourth-order valence-electron chi connectivity index (χ4n) is 6.26. The van der Waals surface area contributed by atoms with E-state index in [1.165, 1.54) is 7.11 Å². The number of hydrogen-bond acceptors (Lipinski definition) is 10. The molecule has 218 valence electrons. The van der Waals surface area contributed by atoms with E-state index in [1.54, 1.807) is 18.2 Å². The van der Waals surface area contributed by atoms with E-state index in [0.717, 1.165) is 0 Å². The summed E-state index contributed by atoms with van der Waals surface area (Å²) in [6.45, 7) is 7.53. The maximum Gasteiger partial charge on any atom is 0.229 e. The fourth-order valence-corrected chi connectivity index (χ4v) is 6.26. The van der Waals surface area contributed by atoms with Gasteiger partial charge in [0.1, 0.15) is 35.9 Å². The molecular weight excluding hydrogens is 520 g/mol. The second-order valence-electron chi connectivity index (χ2n) is 12.8. The highest BCUT2D eigenvalue weighted by Gasteiger charge is 2.48. The van der Waals surface area contributed by atoms with Gasteiger partial charge in [-0.2, -0.15) is 0 Å². The van der Waals surface area contributed by atoms with E-state index in [9.17, 15) is 30.0 Å². The van der Waals surface area contributed by atoms with Crippen LogP contribution >= 0.6 is 0 Å². The first-order chi connectivity index (χ1) is 18.7. The second-order valence-corrected chi connectivity index (χ2v) is 12.8. The normalized spacial score (nSPS) is 31.9. The average molecular weight is 559 g/mol. The van der Waals surface area contributed by atoms with Crippen molar-refractivity contribution in [2.45, 2.75) is 90.0 Å². The molecule has 2 aliphatic carbocycles. The molecule has 2 heterocycles. The molecule has 5 atom stereocenters. The summed E-state index contributed by atoms with van der Waals surface area (Å²) in [4.78, 5) is 27.1. The van der Waals surface area contributed by atoms with E-state index < -0.39 is 43.2 Å². The summed E-state index contributed by atoms with van der Waals surface area (Å²) in [5.41, 5.74) is 1.11. The molecule has 2 aliphatic heterocycles. The molecule has 10 nitrogen and oxygen atoms in total. The van der Waals surface area contributed by atoms with Crippen molar-refractivity contribution in [2.75, 3.05) is 13.7 Å². The third-order valence-electron chi connectivity index (χ3n) is 8.19. The highest BCUT2D eigenvalue weighted by molar-refractivity contribution is 6.06. The fraction of sp³-hybridized carbons (Fsp3) is 0.600. The maximum atomic E-state index is 13.5. The van der Waals surface area contributed by atoms with Crippen molar-refractivity contribution in [3.05, 3.63) is 46.4 Å². The summed E-state index contributed by atoms with van der Waals surface area (Å²) in [6.07, 6.45) is -5.41. The van der Waals surface area contributed by atoms with Crippen molar-refractivity contribution in [1.82, 2.24) is 0 Å². The summed E-state index contributed by atoms with van der Waals surface area (Å²) in [6, 6.07) is 5.00. The highest BCUT2D eigenvalue weighted by atomic mass is 16.7. The predicted molar refractivity (Wildman–Crippen MR) is 141 cm³/mol. The van der Waals surface area contributed by atoms with E-state index in [-0.39, 0.29) is 33.9 Å². The first-order valence-corrected chi connectivity index (χ1v) is 13.6. The largest absolute Gasteiger partial charge is 0.493 e. The van der Waals surface area contributed by atoms with Crippen LogP contribution in [0.15, 0.2) is 40.9 Å². The smallest absolute Gasteiger partial charge is 0.229 e. The Balaban J connectivity index is 1.55. The monoisotopic (exact) mass is 558 g/mol. The standard InChI is InChI=1S/C30H38O10/c1-29(2)9-15(32)23-19(11-29)38-20-12-30(3,4)10-16(33)24(20)22(23)14-6-7-17(18(8-14)37-5)39-28-27(36)26(35)25(34)21(13-31)40-28/h6-8,21-22,25-28,31,34-36H,9-13H2,1-5H3/t21?,25-,26-,27-,28+/m0/s1. The van der Waals surface area contributed by atoms with Gasteiger partial charge in [0.25, 0.3) is 0 Å². The minimum Gasteiger partial charge on any atom is -0.493 e. The molecule has 1 aromatic rings. The number of aliphatic hydroxyl groups is 4. The second kappa shape index (κ2) is 10.3. The molecular formula is C30H38O10. The number of hydrogen-bond donors (Lipinski definition) is 4. The number of carbonyl (C=O) groups excluding carboxylic acids is 2. The van der Waals surface area contributed by atoms with Gasteiger partial charge in [0.2, 0.25) is 6.29 Å². The Hall–Kier alpha value is -2.76. The van der Waals surface area contributed by atoms with E-state index in [0.29, 0.717) is 53.9 Å². The lowest BCUT2D eigenvalue weighted by atomic mass is 9.65. The Morgan fingerprint density at radius 2 is 1.43 bits per heavy atom. The molecule has 4 aliphatic rings. The molecule has 0 saturated carbocycles. The van der Waals surface area contributed by atoms with Crippen LogP contribution in [0.5, 0.6) is 11.5 Å². The van der Waals surface area contributed by atoms with Gasteiger partial charge in [0.05, 0.1) is 13.7 Å². The number of allylic oxidation sites excluding steroid dienone is 4. The zero-order valence-electron chi connectivity index (χ0n) is 23.5. The average Bonchev–Trinajstić information content (AvgIpc) is 2.86. The summed E-state index contributed by atoms with van der Waals surface area (Å²) in [5.74, 6) is 0.895. The van der Waals surface area contributed by atoms with Gasteiger partial charge < -0.3 is 39.4 Å². The summed E-state index contributed by atoms with van der Waals surface area (Å²) >= 11 is 0. The summed E-state index contributed by atoms with van der Waals surface area (Å²) in [7, 11) is 1.43. The van der Waals surface area contributed by atoms with E-state index in [4.69, 9.17) is 18.9 Å². The van der Waals surface area contributed by atoms with Gasteiger partial charge in [-0.1, -0.05) is 33.8 Å². The van der Waals surface area contributed by atoms with Gasteiger partial charge >= 0.3 is 0 Å². The Morgan fingerprint density at radius 1 is 0.850 bits per heavy atom. The topological polar surface area (TPSA) is 152 Å². The van der Waals surface area contributed by atoms with Crippen LogP contribution in [0.1, 0.15) is 64.9 Å². The van der Waals surface area contributed by atoms with Crippen LogP contribution in [0.3, 0.4) is 0 Å². The van der Waals surface area contributed by atoms with Crippen LogP contribution < -0.4 is 9.47 Å². The lowest BCUT2D eigenvalue weighted by molar-refractivity contribution is -0.277. The zero-order valence-corrected chi connectivity index (χ0v) is 23.5. The van der Waals surface area contributed by atoms with Crippen molar-refractivity contribution in [2.24, 2.45) is 10.8 Å². The molecule has 0 radical (unpaired) electrons. The minimum absolute atomic E-state index is 0.0546. The first kappa shape index (κ1) is 28.8. The summed E-state index contributed by atoms with van der Waals surface area (Å²) in [5, 5.41) is 40.1.